The van der Waals surface area contributed by atoms with E-state index < -0.39 is 5.97 Å². The standard InChI is InChI=1S/C30H27BrN2O7S2/c1-3-39-20(34)12-40-18-9-4-13(10-19(18)38-2)21-22-16-11-17(25(22)41-27-26(21)42-30(37)32-27)24-23(16)28(35)33(29(24)36)15-7-5-14(31)6-8-15/h4-10,16-17,21-25H,3,11-12H2,1-2H3,(H,32,37)/t16-,17-,21-,22?,23?,24?,25?/m1/s1. The maximum absolute atomic E-state index is 13.9. The highest BCUT2D eigenvalue weighted by Crippen LogP contribution is 2.68. The second-order valence-corrected chi connectivity index (χ2v) is 14.1. The van der Waals surface area contributed by atoms with Gasteiger partial charge in [-0.25, -0.2) is 4.79 Å². The smallest absolute Gasteiger partial charge is 0.344 e. The zero-order valence-electron chi connectivity index (χ0n) is 22.7. The first-order valence-electron chi connectivity index (χ1n) is 13.8. The van der Waals surface area contributed by atoms with Crippen molar-refractivity contribution in [3.8, 4) is 11.5 Å². The SMILES string of the molecule is CCOC(=O)COc1ccc([C@H]2c3sc(=O)[nH]c3SC3C2[C@H]2C[C@@H]3C3C(=O)N(c4ccc(Br)cc4)C(=O)C32)cc1OC. The zero-order valence-corrected chi connectivity index (χ0v) is 25.9. The first-order valence-corrected chi connectivity index (χ1v) is 16.3. The highest BCUT2D eigenvalue weighted by molar-refractivity contribution is 9.10. The Kier molecular flexibility index (Phi) is 6.98. The van der Waals surface area contributed by atoms with E-state index in [0.717, 1.165) is 26.4 Å². The molecule has 0 spiro atoms. The van der Waals surface area contributed by atoms with Crippen LogP contribution in [-0.2, 0) is 19.1 Å². The molecule has 0 radical (unpaired) electrons. The highest BCUT2D eigenvalue weighted by atomic mass is 79.9. The Hall–Kier alpha value is -3.09. The summed E-state index contributed by atoms with van der Waals surface area (Å²) in [5.74, 6) is -0.680. The number of imide groups is 1. The lowest BCUT2D eigenvalue weighted by Crippen LogP contribution is -2.42. The van der Waals surface area contributed by atoms with E-state index in [-0.39, 0.29) is 70.7 Å². The van der Waals surface area contributed by atoms with Crippen molar-refractivity contribution in [2.75, 3.05) is 25.2 Å². The van der Waals surface area contributed by atoms with Crippen molar-refractivity contribution in [2.24, 2.45) is 29.6 Å². The fourth-order valence-electron chi connectivity index (χ4n) is 7.57. The summed E-state index contributed by atoms with van der Waals surface area (Å²) in [5, 5.41) is 0.912. The Morgan fingerprint density at radius 2 is 1.79 bits per heavy atom. The molecule has 218 valence electrons. The van der Waals surface area contributed by atoms with Crippen LogP contribution >= 0.6 is 39.0 Å². The third-order valence-corrected chi connectivity index (χ3v) is 12.1. The molecule has 2 saturated carbocycles. The first kappa shape index (κ1) is 27.7. The van der Waals surface area contributed by atoms with Crippen molar-refractivity contribution in [1.82, 2.24) is 4.98 Å². The molecule has 2 aromatic carbocycles. The normalized spacial score (nSPS) is 28.8. The number of ether oxygens (including phenoxy) is 3. The third-order valence-electron chi connectivity index (χ3n) is 9.01. The summed E-state index contributed by atoms with van der Waals surface area (Å²) in [6, 6.07) is 12.9. The van der Waals surface area contributed by atoms with Crippen molar-refractivity contribution in [2.45, 2.75) is 29.5 Å². The van der Waals surface area contributed by atoms with Crippen molar-refractivity contribution in [1.29, 1.82) is 0 Å². The zero-order chi connectivity index (χ0) is 29.3. The van der Waals surface area contributed by atoms with E-state index >= 15 is 0 Å². The fraction of sp³-hybridized carbons (Fsp3) is 0.400. The predicted octanol–water partition coefficient (Wildman–Crippen LogP) is 4.83. The molecule has 4 aliphatic rings. The van der Waals surface area contributed by atoms with Gasteiger partial charge in [0.15, 0.2) is 18.1 Å². The minimum atomic E-state index is -0.470. The molecule has 42 heavy (non-hydrogen) atoms. The highest BCUT2D eigenvalue weighted by Gasteiger charge is 2.69. The largest absolute Gasteiger partial charge is 0.493 e. The number of aromatic amines is 1. The Labute approximate surface area is 258 Å². The summed E-state index contributed by atoms with van der Waals surface area (Å²) in [5.41, 5.74) is 1.54. The molecule has 3 heterocycles. The number of methoxy groups -OCH3 is 1. The number of carbonyl (C=O) groups excluding carboxylic acids is 3. The number of esters is 1. The number of fused-ring (bicyclic) bond motifs is 9. The lowest BCUT2D eigenvalue weighted by molar-refractivity contribution is -0.145. The number of benzene rings is 2. The lowest BCUT2D eigenvalue weighted by Gasteiger charge is -2.43. The number of hydrogen-bond acceptors (Lipinski definition) is 9. The van der Waals surface area contributed by atoms with Gasteiger partial charge < -0.3 is 19.2 Å². The van der Waals surface area contributed by atoms with Gasteiger partial charge in [-0.1, -0.05) is 33.3 Å². The Bertz CT molecular complexity index is 1650. The van der Waals surface area contributed by atoms with Gasteiger partial charge in [-0.2, -0.15) is 0 Å². The summed E-state index contributed by atoms with van der Waals surface area (Å²) < 4.78 is 17.2. The molecule has 2 amide bonds. The minimum Gasteiger partial charge on any atom is -0.493 e. The second-order valence-electron chi connectivity index (χ2n) is 11.0. The Balaban J connectivity index is 1.25. The van der Waals surface area contributed by atoms with Crippen molar-refractivity contribution in [3.05, 3.63) is 67.0 Å². The van der Waals surface area contributed by atoms with E-state index in [1.54, 1.807) is 36.9 Å². The predicted molar refractivity (Wildman–Crippen MR) is 160 cm³/mol. The van der Waals surface area contributed by atoms with Crippen molar-refractivity contribution < 1.29 is 28.6 Å². The van der Waals surface area contributed by atoms with Crippen LogP contribution in [0.5, 0.6) is 11.5 Å². The number of anilines is 1. The van der Waals surface area contributed by atoms with Crippen LogP contribution < -0.4 is 19.2 Å². The van der Waals surface area contributed by atoms with Crippen molar-refractivity contribution in [3.63, 3.8) is 0 Å². The average Bonchev–Trinajstić information content (AvgIpc) is 3.71. The van der Waals surface area contributed by atoms with E-state index in [4.69, 9.17) is 14.2 Å². The summed E-state index contributed by atoms with van der Waals surface area (Å²) >= 11 is 6.28. The molecular weight excluding hydrogens is 644 g/mol. The molecule has 1 saturated heterocycles. The summed E-state index contributed by atoms with van der Waals surface area (Å²) in [7, 11) is 1.54. The monoisotopic (exact) mass is 670 g/mol. The fourth-order valence-corrected chi connectivity index (χ4v) is 10.7. The number of rotatable bonds is 7. The maximum Gasteiger partial charge on any atom is 0.344 e. The molecule has 7 atom stereocenters. The maximum atomic E-state index is 13.9. The molecule has 12 heteroatoms. The molecule has 4 unspecified atom stereocenters. The van der Waals surface area contributed by atoms with Gasteiger partial charge in [-0.3, -0.25) is 19.3 Å². The van der Waals surface area contributed by atoms with Gasteiger partial charge in [0.25, 0.3) is 0 Å². The summed E-state index contributed by atoms with van der Waals surface area (Å²) in [6.07, 6.45) is 0.802. The molecule has 2 bridgehead atoms. The van der Waals surface area contributed by atoms with Gasteiger partial charge in [-0.15, -0.1) is 11.8 Å². The summed E-state index contributed by atoms with van der Waals surface area (Å²) in [4.78, 5) is 57.4. The van der Waals surface area contributed by atoms with Crippen LogP contribution in [0.25, 0.3) is 0 Å². The molecule has 2 aliphatic carbocycles. The van der Waals surface area contributed by atoms with Gasteiger partial charge in [-0.05, 0) is 73.1 Å². The molecule has 3 aromatic rings. The van der Waals surface area contributed by atoms with Crippen LogP contribution in [0.2, 0.25) is 0 Å². The molecule has 1 N–H and O–H groups in total. The molecule has 3 fully saturated rings. The number of thioether (sulfide) groups is 1. The van der Waals surface area contributed by atoms with E-state index in [2.05, 4.69) is 20.9 Å². The molecule has 1 aromatic heterocycles. The van der Waals surface area contributed by atoms with Crippen LogP contribution in [0.4, 0.5) is 5.69 Å². The molecule has 7 rings (SSSR count). The Morgan fingerprint density at radius 1 is 1.05 bits per heavy atom. The van der Waals surface area contributed by atoms with Crippen LogP contribution in [0.15, 0.2) is 56.8 Å². The first-order chi connectivity index (χ1) is 20.3. The lowest BCUT2D eigenvalue weighted by atomic mass is 9.68. The van der Waals surface area contributed by atoms with Gasteiger partial charge in [0.1, 0.15) is 0 Å². The van der Waals surface area contributed by atoms with E-state index in [1.165, 1.54) is 23.3 Å². The number of hydrogen-bond donors (Lipinski definition) is 1. The summed E-state index contributed by atoms with van der Waals surface area (Å²) in [6.45, 7) is 1.76. The third kappa shape index (κ3) is 4.24. The van der Waals surface area contributed by atoms with Gasteiger partial charge in [0.2, 0.25) is 11.8 Å². The average molecular weight is 672 g/mol. The van der Waals surface area contributed by atoms with E-state index in [0.29, 0.717) is 17.2 Å². The number of nitrogens with zero attached hydrogens (tertiary/aromatic N) is 1. The molecule has 2 aliphatic heterocycles. The van der Waals surface area contributed by atoms with Crippen LogP contribution in [0.1, 0.15) is 29.7 Å². The van der Waals surface area contributed by atoms with E-state index in [1.807, 2.05) is 24.3 Å². The number of halogens is 1. The molecule has 9 nitrogen and oxygen atoms in total. The van der Waals surface area contributed by atoms with Crippen LogP contribution in [-0.4, -0.2) is 48.3 Å². The number of thiazole rings is 1. The number of nitrogens with one attached hydrogen (secondary N) is 1. The van der Waals surface area contributed by atoms with Crippen LogP contribution in [0, 0.1) is 29.6 Å². The Morgan fingerprint density at radius 3 is 2.50 bits per heavy atom. The number of aromatic nitrogens is 1. The van der Waals surface area contributed by atoms with E-state index in [9.17, 15) is 19.2 Å². The second kappa shape index (κ2) is 10.6. The molecular formula is C30H27BrN2O7S2. The van der Waals surface area contributed by atoms with Crippen LogP contribution in [0.3, 0.4) is 0 Å². The number of amides is 2. The minimum absolute atomic E-state index is 0.00418. The van der Waals surface area contributed by atoms with Crippen molar-refractivity contribution >= 4 is 62.5 Å². The van der Waals surface area contributed by atoms with Gasteiger partial charge in [0, 0.05) is 20.5 Å². The quantitative estimate of drug-likeness (QED) is 0.281. The topological polar surface area (TPSA) is 115 Å². The number of carbonyl (C=O) groups is 3. The van der Waals surface area contributed by atoms with Gasteiger partial charge in [0.05, 0.1) is 36.3 Å². The van der Waals surface area contributed by atoms with Gasteiger partial charge >= 0.3 is 10.8 Å². The number of H-pyrrole nitrogens is 1.